The zero-order valence-electron chi connectivity index (χ0n) is 22.9. The van der Waals surface area contributed by atoms with Crippen LogP contribution in [0.25, 0.3) is 11.1 Å². The average molecular weight is 585 g/mol. The molecule has 0 bridgehead atoms. The lowest BCUT2D eigenvalue weighted by atomic mass is 9.99. The molecule has 4 rings (SSSR count). The van der Waals surface area contributed by atoms with Crippen LogP contribution in [0.2, 0.25) is 10.0 Å². The van der Waals surface area contributed by atoms with Gasteiger partial charge in [0.2, 0.25) is 5.91 Å². The lowest BCUT2D eigenvalue weighted by Crippen LogP contribution is -2.44. The lowest BCUT2D eigenvalue weighted by Gasteiger charge is -2.34. The molecule has 1 N–H and O–H groups in total. The molecule has 212 valence electrons. The molecule has 0 radical (unpaired) electrons. The third-order valence-electron chi connectivity index (χ3n) is 7.41. The fraction of sp³-hybridized carbons (Fsp3) is 0.355. The number of likely N-dealkylation sites (N-methyl/N-ethyl adjacent to an activating group) is 1. The normalized spacial score (nSPS) is 14.2. The molecule has 1 unspecified atom stereocenters. The standard InChI is InChI=1S/C31H35Cl2N3O4/c1-34(30(37)21-36(17-18-40-2)26-13-14-27(32)28(33)19-26)29(20-35-15-3-4-16-35)24-9-5-22(6-10-24)23-7-11-25(12-8-23)31(38)39/h5-14,19,29H,3-4,15-18,20-21H2,1-2H3,(H,38,39). The van der Waals surface area contributed by atoms with E-state index in [2.05, 4.69) is 17.0 Å². The van der Waals surface area contributed by atoms with Crippen molar-refractivity contribution >= 4 is 40.8 Å². The van der Waals surface area contributed by atoms with Crippen LogP contribution in [0.15, 0.2) is 66.7 Å². The highest BCUT2D eigenvalue weighted by Gasteiger charge is 2.27. The van der Waals surface area contributed by atoms with Gasteiger partial charge in [-0.2, -0.15) is 0 Å². The molecular weight excluding hydrogens is 549 g/mol. The predicted molar refractivity (Wildman–Crippen MR) is 161 cm³/mol. The van der Waals surface area contributed by atoms with E-state index in [1.165, 1.54) is 0 Å². The highest BCUT2D eigenvalue weighted by atomic mass is 35.5. The van der Waals surface area contributed by atoms with Gasteiger partial charge in [-0.15, -0.1) is 0 Å². The summed E-state index contributed by atoms with van der Waals surface area (Å²) in [7, 11) is 3.50. The predicted octanol–water partition coefficient (Wildman–Crippen LogP) is 6.11. The van der Waals surface area contributed by atoms with E-state index in [9.17, 15) is 14.7 Å². The van der Waals surface area contributed by atoms with Crippen LogP contribution < -0.4 is 4.90 Å². The maximum atomic E-state index is 13.7. The highest BCUT2D eigenvalue weighted by molar-refractivity contribution is 6.42. The van der Waals surface area contributed by atoms with E-state index < -0.39 is 5.97 Å². The summed E-state index contributed by atoms with van der Waals surface area (Å²) >= 11 is 12.4. The average Bonchev–Trinajstić information content (AvgIpc) is 3.48. The topological polar surface area (TPSA) is 73.3 Å². The number of hydrogen-bond acceptors (Lipinski definition) is 5. The molecule has 0 aromatic heterocycles. The van der Waals surface area contributed by atoms with Crippen LogP contribution in [0.4, 0.5) is 5.69 Å². The summed E-state index contributed by atoms with van der Waals surface area (Å²) in [6.07, 6.45) is 2.33. The Balaban J connectivity index is 1.55. The first-order valence-electron chi connectivity index (χ1n) is 13.4. The van der Waals surface area contributed by atoms with Gasteiger partial charge in [0.05, 0.1) is 34.8 Å². The number of hydrogen-bond donors (Lipinski definition) is 1. The van der Waals surface area contributed by atoms with E-state index >= 15 is 0 Å². The highest BCUT2D eigenvalue weighted by Crippen LogP contribution is 2.29. The number of carboxylic acid groups (broad SMARTS) is 1. The Hall–Kier alpha value is -3.10. The smallest absolute Gasteiger partial charge is 0.335 e. The number of benzene rings is 3. The summed E-state index contributed by atoms with van der Waals surface area (Å²) in [6, 6.07) is 20.3. The van der Waals surface area contributed by atoms with E-state index in [0.717, 1.165) is 54.9 Å². The Labute approximate surface area is 245 Å². The monoisotopic (exact) mass is 583 g/mol. The molecule has 0 spiro atoms. The van der Waals surface area contributed by atoms with Crippen molar-refractivity contribution in [3.8, 4) is 11.1 Å². The first-order valence-corrected chi connectivity index (χ1v) is 14.1. The number of nitrogens with zero attached hydrogens (tertiary/aromatic N) is 3. The van der Waals surface area contributed by atoms with Crippen molar-refractivity contribution in [2.45, 2.75) is 18.9 Å². The number of carbonyl (C=O) groups excluding carboxylic acids is 1. The minimum atomic E-state index is -0.945. The largest absolute Gasteiger partial charge is 0.478 e. The lowest BCUT2D eigenvalue weighted by molar-refractivity contribution is -0.131. The van der Waals surface area contributed by atoms with Gasteiger partial charge in [0.15, 0.2) is 0 Å². The van der Waals surface area contributed by atoms with Crippen molar-refractivity contribution < 1.29 is 19.4 Å². The number of carbonyl (C=O) groups is 2. The van der Waals surface area contributed by atoms with E-state index in [4.69, 9.17) is 27.9 Å². The van der Waals surface area contributed by atoms with Gasteiger partial charge in [0, 0.05) is 32.9 Å². The zero-order valence-corrected chi connectivity index (χ0v) is 24.4. The van der Waals surface area contributed by atoms with Gasteiger partial charge in [0.1, 0.15) is 0 Å². The van der Waals surface area contributed by atoms with Crippen molar-refractivity contribution in [1.82, 2.24) is 9.80 Å². The van der Waals surface area contributed by atoms with Crippen LogP contribution in [0.5, 0.6) is 0 Å². The number of methoxy groups -OCH3 is 1. The van der Waals surface area contributed by atoms with Gasteiger partial charge in [-0.1, -0.05) is 59.6 Å². The molecule has 3 aromatic carbocycles. The Kier molecular flexibility index (Phi) is 10.5. The Morgan fingerprint density at radius 1 is 0.950 bits per heavy atom. The zero-order chi connectivity index (χ0) is 28.6. The van der Waals surface area contributed by atoms with Crippen LogP contribution in [0, 0.1) is 0 Å². The molecular formula is C31H35Cl2N3O4. The Morgan fingerprint density at radius 3 is 2.15 bits per heavy atom. The third kappa shape index (κ3) is 7.55. The van der Waals surface area contributed by atoms with Crippen LogP contribution in [0.1, 0.15) is 34.8 Å². The van der Waals surface area contributed by atoms with Crippen molar-refractivity contribution in [2.24, 2.45) is 0 Å². The summed E-state index contributed by atoms with van der Waals surface area (Å²) in [4.78, 5) is 31.1. The fourth-order valence-corrected chi connectivity index (χ4v) is 5.29. The number of amides is 1. The first-order chi connectivity index (χ1) is 19.3. The number of halogens is 2. The van der Waals surface area contributed by atoms with E-state index in [-0.39, 0.29) is 24.1 Å². The number of likely N-dealkylation sites (tertiary alicyclic amines) is 1. The third-order valence-corrected chi connectivity index (χ3v) is 8.15. The van der Waals surface area contributed by atoms with Crippen molar-refractivity contribution in [1.29, 1.82) is 0 Å². The molecule has 9 heteroatoms. The van der Waals surface area contributed by atoms with Crippen molar-refractivity contribution in [3.05, 3.63) is 87.9 Å². The van der Waals surface area contributed by atoms with Crippen LogP contribution in [0.3, 0.4) is 0 Å². The first kappa shape index (κ1) is 29.9. The SMILES string of the molecule is COCCN(CC(=O)N(C)C(CN1CCCC1)c1ccc(-c2ccc(C(=O)O)cc2)cc1)c1ccc(Cl)c(Cl)c1. The van der Waals surface area contributed by atoms with Crippen molar-refractivity contribution in [2.75, 3.05) is 58.4 Å². The molecule has 1 amide bonds. The summed E-state index contributed by atoms with van der Waals surface area (Å²) in [5.74, 6) is -0.959. The molecule has 1 fully saturated rings. The summed E-state index contributed by atoms with van der Waals surface area (Å²) in [6.45, 7) is 3.96. The molecule has 40 heavy (non-hydrogen) atoms. The van der Waals surface area contributed by atoms with Crippen LogP contribution in [-0.2, 0) is 9.53 Å². The molecule has 1 heterocycles. The number of aromatic carboxylic acids is 1. The van der Waals surface area contributed by atoms with Gasteiger partial charge >= 0.3 is 5.97 Å². The summed E-state index contributed by atoms with van der Waals surface area (Å²) < 4.78 is 5.30. The number of rotatable bonds is 12. The van der Waals surface area contributed by atoms with Gasteiger partial charge in [-0.3, -0.25) is 4.79 Å². The maximum absolute atomic E-state index is 13.7. The Morgan fingerprint density at radius 2 is 1.57 bits per heavy atom. The quantitative estimate of drug-likeness (QED) is 0.277. The Bertz CT molecular complexity index is 1290. The van der Waals surface area contributed by atoms with Gasteiger partial charge < -0.3 is 24.5 Å². The minimum Gasteiger partial charge on any atom is -0.478 e. The molecule has 1 aliphatic heterocycles. The van der Waals surface area contributed by atoms with Gasteiger partial charge in [-0.05, 0) is 73.0 Å². The van der Waals surface area contributed by atoms with E-state index in [1.807, 2.05) is 47.2 Å². The second kappa shape index (κ2) is 14.0. The minimum absolute atomic E-state index is 0.0142. The molecule has 3 aromatic rings. The summed E-state index contributed by atoms with van der Waals surface area (Å²) in [5, 5.41) is 10.1. The second-order valence-electron chi connectivity index (χ2n) is 10.0. The molecule has 0 saturated carbocycles. The molecule has 1 atom stereocenters. The maximum Gasteiger partial charge on any atom is 0.335 e. The van der Waals surface area contributed by atoms with Crippen molar-refractivity contribution in [3.63, 3.8) is 0 Å². The molecule has 0 aliphatic carbocycles. The number of ether oxygens (including phenoxy) is 1. The fourth-order valence-electron chi connectivity index (χ4n) is 5.00. The number of anilines is 1. The second-order valence-corrected chi connectivity index (χ2v) is 10.9. The molecule has 1 aliphatic rings. The molecule has 7 nitrogen and oxygen atoms in total. The van der Waals surface area contributed by atoms with Crippen LogP contribution >= 0.6 is 23.2 Å². The van der Waals surface area contributed by atoms with E-state index in [1.54, 1.807) is 31.4 Å². The summed E-state index contributed by atoms with van der Waals surface area (Å²) in [5.41, 5.74) is 4.04. The molecule has 1 saturated heterocycles. The van der Waals surface area contributed by atoms with Crippen LogP contribution in [-0.4, -0.2) is 80.3 Å². The van der Waals surface area contributed by atoms with E-state index in [0.29, 0.717) is 23.2 Å². The van der Waals surface area contributed by atoms with Gasteiger partial charge in [0.25, 0.3) is 0 Å². The van der Waals surface area contributed by atoms with Gasteiger partial charge in [-0.25, -0.2) is 4.79 Å². The number of carboxylic acids is 1.